The molecule has 1 aromatic heterocycles. The van der Waals surface area contributed by atoms with Crippen LogP contribution < -0.4 is 0 Å². The summed E-state index contributed by atoms with van der Waals surface area (Å²) in [6.07, 6.45) is 1.23. The number of rotatable bonds is 3. The Kier molecular flexibility index (Phi) is 3.84. The second-order valence-corrected chi connectivity index (χ2v) is 4.65. The smallest absolute Gasteiger partial charge is 0.339 e. The molecule has 1 aliphatic rings. The summed E-state index contributed by atoms with van der Waals surface area (Å²) in [5.74, 6) is -1.43. The van der Waals surface area contributed by atoms with Gasteiger partial charge in [0, 0.05) is 19.1 Å². The molecule has 7 heteroatoms. The third-order valence-corrected chi connectivity index (χ3v) is 3.02. The summed E-state index contributed by atoms with van der Waals surface area (Å²) < 4.78 is 6.65. The minimum Gasteiger partial charge on any atom is -0.478 e. The van der Waals surface area contributed by atoms with Crippen LogP contribution in [0.5, 0.6) is 0 Å². The summed E-state index contributed by atoms with van der Waals surface area (Å²) in [6, 6.07) is -0.0758. The number of morpholine rings is 1. The number of nitrogens with zero attached hydrogens (tertiary/aromatic N) is 3. The Bertz CT molecular complexity index is 489. The largest absolute Gasteiger partial charge is 0.478 e. The predicted molar refractivity (Wildman–Crippen MR) is 66.3 cm³/mol. The van der Waals surface area contributed by atoms with E-state index in [4.69, 9.17) is 9.84 Å². The number of ether oxygens (including phenoxy) is 1. The second-order valence-electron chi connectivity index (χ2n) is 4.65. The number of carbonyl (C=O) groups excluding carboxylic acids is 1. The summed E-state index contributed by atoms with van der Waals surface area (Å²) in [4.78, 5) is 25.3. The van der Waals surface area contributed by atoms with Crippen molar-refractivity contribution in [1.82, 2.24) is 14.7 Å². The van der Waals surface area contributed by atoms with Crippen LogP contribution in [0.4, 0.5) is 0 Å². The van der Waals surface area contributed by atoms with E-state index in [1.165, 1.54) is 10.9 Å². The minimum atomic E-state index is -1.14. The van der Waals surface area contributed by atoms with Gasteiger partial charge in [0.25, 0.3) is 5.91 Å². The molecular formula is C12H17N3O4. The van der Waals surface area contributed by atoms with Gasteiger partial charge in [0.05, 0.1) is 19.4 Å². The molecule has 1 aliphatic heterocycles. The van der Waals surface area contributed by atoms with E-state index in [-0.39, 0.29) is 23.2 Å². The third-order valence-electron chi connectivity index (χ3n) is 3.02. The molecule has 2 heterocycles. The van der Waals surface area contributed by atoms with E-state index in [0.29, 0.717) is 26.3 Å². The quantitative estimate of drug-likeness (QED) is 0.868. The van der Waals surface area contributed by atoms with Gasteiger partial charge >= 0.3 is 5.97 Å². The molecule has 7 nitrogen and oxygen atoms in total. The van der Waals surface area contributed by atoms with E-state index in [2.05, 4.69) is 5.10 Å². The number of hydrogen-bond donors (Lipinski definition) is 1. The van der Waals surface area contributed by atoms with E-state index in [0.717, 1.165) is 0 Å². The minimum absolute atomic E-state index is 0.0507. The summed E-state index contributed by atoms with van der Waals surface area (Å²) in [5.41, 5.74) is 0.0922. The van der Waals surface area contributed by atoms with Crippen molar-refractivity contribution < 1.29 is 19.4 Å². The number of hydrogen-bond acceptors (Lipinski definition) is 4. The predicted octanol–water partition coefficient (Wildman–Crippen LogP) is 0.635. The Morgan fingerprint density at radius 3 is 2.53 bits per heavy atom. The van der Waals surface area contributed by atoms with E-state index < -0.39 is 5.97 Å². The van der Waals surface area contributed by atoms with Crippen LogP contribution in [0.15, 0.2) is 6.20 Å². The monoisotopic (exact) mass is 267 g/mol. The Labute approximate surface area is 110 Å². The van der Waals surface area contributed by atoms with Crippen LogP contribution in [-0.2, 0) is 4.74 Å². The molecule has 0 bridgehead atoms. The van der Waals surface area contributed by atoms with E-state index in [1.807, 2.05) is 13.8 Å². The molecular weight excluding hydrogens is 250 g/mol. The van der Waals surface area contributed by atoms with Crippen LogP contribution in [0.3, 0.4) is 0 Å². The number of carboxylic acids is 1. The van der Waals surface area contributed by atoms with Gasteiger partial charge in [-0.25, -0.2) is 4.79 Å². The molecule has 1 amide bonds. The van der Waals surface area contributed by atoms with Crippen LogP contribution in [0.1, 0.15) is 40.7 Å². The molecule has 0 saturated carbocycles. The van der Waals surface area contributed by atoms with Gasteiger partial charge in [-0.05, 0) is 13.8 Å². The van der Waals surface area contributed by atoms with Gasteiger partial charge in [-0.1, -0.05) is 0 Å². The molecule has 0 aromatic carbocycles. The van der Waals surface area contributed by atoms with E-state index in [1.54, 1.807) is 4.90 Å². The molecule has 0 aliphatic carbocycles. The zero-order valence-electron chi connectivity index (χ0n) is 11.0. The second kappa shape index (κ2) is 5.40. The molecule has 1 N–H and O–H groups in total. The molecule has 19 heavy (non-hydrogen) atoms. The first kappa shape index (κ1) is 13.5. The first-order valence-electron chi connectivity index (χ1n) is 6.20. The topological polar surface area (TPSA) is 84.7 Å². The molecule has 1 fully saturated rings. The fourth-order valence-corrected chi connectivity index (χ4v) is 2.04. The van der Waals surface area contributed by atoms with Crippen molar-refractivity contribution in [1.29, 1.82) is 0 Å². The van der Waals surface area contributed by atoms with Gasteiger partial charge < -0.3 is 14.7 Å². The number of amides is 1. The lowest BCUT2D eigenvalue weighted by Gasteiger charge is -2.27. The normalized spacial score (nSPS) is 15.8. The van der Waals surface area contributed by atoms with Crippen molar-refractivity contribution in [3.05, 3.63) is 17.5 Å². The summed E-state index contributed by atoms with van der Waals surface area (Å²) in [6.45, 7) is 5.61. The fourth-order valence-electron chi connectivity index (χ4n) is 2.04. The lowest BCUT2D eigenvalue weighted by Crippen LogP contribution is -2.42. The Morgan fingerprint density at radius 1 is 1.37 bits per heavy atom. The maximum atomic E-state index is 12.5. The summed E-state index contributed by atoms with van der Waals surface area (Å²) in [5, 5.41) is 13.2. The van der Waals surface area contributed by atoms with E-state index in [9.17, 15) is 9.59 Å². The Balaban J connectivity index is 2.37. The number of aromatic nitrogens is 2. The molecule has 0 atom stereocenters. The van der Waals surface area contributed by atoms with Crippen LogP contribution in [0, 0.1) is 0 Å². The molecule has 1 saturated heterocycles. The highest BCUT2D eigenvalue weighted by Gasteiger charge is 2.28. The number of carboxylic acid groups (broad SMARTS) is 1. The third kappa shape index (κ3) is 2.60. The standard InChI is InChI=1S/C12H17N3O4/c1-8(2)15-10(9(7-13-15)12(17)18)11(16)14-3-5-19-6-4-14/h7-8H,3-6H2,1-2H3,(H,17,18). The lowest BCUT2D eigenvalue weighted by molar-refractivity contribution is 0.0291. The van der Waals surface area contributed by atoms with E-state index >= 15 is 0 Å². The highest BCUT2D eigenvalue weighted by molar-refractivity contribution is 6.03. The van der Waals surface area contributed by atoms with Crippen molar-refractivity contribution in [3.8, 4) is 0 Å². The molecule has 2 rings (SSSR count). The van der Waals surface area contributed by atoms with Gasteiger partial charge in [-0.2, -0.15) is 5.10 Å². The van der Waals surface area contributed by atoms with Crippen molar-refractivity contribution in [3.63, 3.8) is 0 Å². The maximum Gasteiger partial charge on any atom is 0.339 e. The first-order chi connectivity index (χ1) is 9.02. The highest BCUT2D eigenvalue weighted by Crippen LogP contribution is 2.17. The average Bonchev–Trinajstić information content (AvgIpc) is 2.83. The molecule has 0 unspecified atom stereocenters. The summed E-state index contributed by atoms with van der Waals surface area (Å²) >= 11 is 0. The number of aromatic carboxylic acids is 1. The first-order valence-corrected chi connectivity index (χ1v) is 6.20. The zero-order valence-corrected chi connectivity index (χ0v) is 11.0. The van der Waals surface area contributed by atoms with Crippen molar-refractivity contribution in [2.24, 2.45) is 0 Å². The van der Waals surface area contributed by atoms with Crippen molar-refractivity contribution in [2.75, 3.05) is 26.3 Å². The van der Waals surface area contributed by atoms with Crippen LogP contribution in [0.2, 0.25) is 0 Å². The fraction of sp³-hybridized carbons (Fsp3) is 0.583. The molecule has 1 aromatic rings. The molecule has 0 radical (unpaired) electrons. The Hall–Kier alpha value is -1.89. The summed E-state index contributed by atoms with van der Waals surface area (Å²) in [7, 11) is 0. The maximum absolute atomic E-state index is 12.5. The Morgan fingerprint density at radius 2 is 2.00 bits per heavy atom. The van der Waals surface area contributed by atoms with Crippen LogP contribution in [-0.4, -0.2) is 58.0 Å². The lowest BCUT2D eigenvalue weighted by atomic mass is 10.2. The van der Waals surface area contributed by atoms with Crippen LogP contribution >= 0.6 is 0 Å². The number of carbonyl (C=O) groups is 2. The highest BCUT2D eigenvalue weighted by atomic mass is 16.5. The zero-order chi connectivity index (χ0) is 14.0. The van der Waals surface area contributed by atoms with Gasteiger partial charge in [-0.15, -0.1) is 0 Å². The average molecular weight is 267 g/mol. The van der Waals surface area contributed by atoms with Gasteiger partial charge in [0.1, 0.15) is 11.3 Å². The molecule has 0 spiro atoms. The SMILES string of the molecule is CC(C)n1ncc(C(=O)O)c1C(=O)N1CCOCC1. The van der Waals surface area contributed by atoms with Crippen molar-refractivity contribution >= 4 is 11.9 Å². The van der Waals surface area contributed by atoms with Gasteiger partial charge in [-0.3, -0.25) is 9.48 Å². The van der Waals surface area contributed by atoms with Gasteiger partial charge in [0.15, 0.2) is 0 Å². The van der Waals surface area contributed by atoms with Crippen LogP contribution in [0.25, 0.3) is 0 Å². The molecule has 104 valence electrons. The van der Waals surface area contributed by atoms with Gasteiger partial charge in [0.2, 0.25) is 0 Å². The van der Waals surface area contributed by atoms with Crippen molar-refractivity contribution in [2.45, 2.75) is 19.9 Å².